The van der Waals surface area contributed by atoms with Crippen LogP contribution < -0.4 is 0 Å². The largest absolute Gasteiger partial charge is 0.393 e. The Morgan fingerprint density at radius 1 is 1.60 bits per heavy atom. The topological polar surface area (TPSA) is 33.1 Å². The molecule has 56 valence electrons. The lowest BCUT2D eigenvalue weighted by molar-refractivity contribution is 0.169. The first-order valence-electron chi connectivity index (χ1n) is 3.29. The van der Waals surface area contributed by atoms with Crippen LogP contribution in [-0.4, -0.2) is 15.6 Å². The smallest absolute Gasteiger partial charge is 0.0578 e. The minimum absolute atomic E-state index is 0.207. The average molecular weight is 157 g/mol. The van der Waals surface area contributed by atoms with E-state index in [0.29, 0.717) is 0 Å². The molecule has 0 bridgehead atoms. The molecule has 2 nitrogen and oxygen atoms in total. The molecule has 0 saturated heterocycles. The second-order valence-electron chi connectivity index (χ2n) is 2.49. The van der Waals surface area contributed by atoms with Crippen LogP contribution in [0.5, 0.6) is 0 Å². The van der Waals surface area contributed by atoms with Gasteiger partial charge in [-0.25, -0.2) is 4.37 Å². The van der Waals surface area contributed by atoms with E-state index >= 15 is 0 Å². The number of hydrogen-bond acceptors (Lipinski definition) is 3. The maximum atomic E-state index is 9.17. The molecule has 0 radical (unpaired) electrons. The van der Waals surface area contributed by atoms with Crippen molar-refractivity contribution in [3.05, 3.63) is 17.1 Å². The van der Waals surface area contributed by atoms with Gasteiger partial charge in [-0.2, -0.15) is 0 Å². The van der Waals surface area contributed by atoms with Crippen LogP contribution in [0.15, 0.2) is 11.6 Å². The van der Waals surface area contributed by atoms with Crippen molar-refractivity contribution in [1.82, 2.24) is 4.37 Å². The predicted octanol–water partition coefficient (Wildman–Crippen LogP) is 1.63. The summed E-state index contributed by atoms with van der Waals surface area (Å²) in [6.45, 7) is 3.79. The summed E-state index contributed by atoms with van der Waals surface area (Å²) in [5, 5.41) is 11.1. The number of aliphatic hydroxyl groups excluding tert-OH is 1. The number of aromatic nitrogens is 1. The highest BCUT2D eigenvalue weighted by Gasteiger charge is 2.11. The third-order valence-corrected chi connectivity index (χ3v) is 2.31. The van der Waals surface area contributed by atoms with Gasteiger partial charge >= 0.3 is 0 Å². The molecule has 1 aromatic rings. The van der Waals surface area contributed by atoms with Crippen molar-refractivity contribution >= 4 is 11.5 Å². The quantitative estimate of drug-likeness (QED) is 0.707. The van der Waals surface area contributed by atoms with Crippen LogP contribution in [0.3, 0.4) is 0 Å². The van der Waals surface area contributed by atoms with Crippen molar-refractivity contribution in [2.75, 3.05) is 0 Å². The van der Waals surface area contributed by atoms with E-state index in [4.69, 9.17) is 5.11 Å². The minimum atomic E-state index is -0.281. The first-order valence-corrected chi connectivity index (χ1v) is 4.13. The van der Waals surface area contributed by atoms with Crippen LogP contribution in [-0.2, 0) is 0 Å². The van der Waals surface area contributed by atoms with E-state index in [1.165, 1.54) is 11.5 Å². The fourth-order valence-electron chi connectivity index (χ4n) is 0.716. The van der Waals surface area contributed by atoms with Crippen LogP contribution in [0.25, 0.3) is 0 Å². The summed E-state index contributed by atoms with van der Waals surface area (Å²) in [5.74, 6) is 0.207. The van der Waals surface area contributed by atoms with E-state index in [2.05, 4.69) is 4.37 Å². The summed E-state index contributed by atoms with van der Waals surface area (Å²) in [5.41, 5.74) is 1.13. The summed E-state index contributed by atoms with van der Waals surface area (Å²) < 4.78 is 3.96. The van der Waals surface area contributed by atoms with Gasteiger partial charge in [-0.1, -0.05) is 6.92 Å². The molecule has 1 N–H and O–H groups in total. The standard InChI is InChI=1S/C7H11NOS/c1-5(6(2)9)7-3-8-10-4-7/h3-6,9H,1-2H3. The Kier molecular flexibility index (Phi) is 2.40. The van der Waals surface area contributed by atoms with Gasteiger partial charge in [0.05, 0.1) is 6.10 Å². The van der Waals surface area contributed by atoms with Gasteiger partial charge in [0.15, 0.2) is 0 Å². The van der Waals surface area contributed by atoms with Crippen molar-refractivity contribution < 1.29 is 5.11 Å². The van der Waals surface area contributed by atoms with E-state index in [0.717, 1.165) is 5.56 Å². The van der Waals surface area contributed by atoms with Gasteiger partial charge in [-0.05, 0) is 24.0 Å². The van der Waals surface area contributed by atoms with Crippen LogP contribution in [0.4, 0.5) is 0 Å². The molecule has 1 aromatic heterocycles. The molecule has 0 aromatic carbocycles. The van der Waals surface area contributed by atoms with Gasteiger partial charge in [0.1, 0.15) is 0 Å². The molecule has 0 saturated carbocycles. The molecule has 2 unspecified atom stereocenters. The zero-order valence-corrected chi connectivity index (χ0v) is 6.93. The minimum Gasteiger partial charge on any atom is -0.393 e. The van der Waals surface area contributed by atoms with Crippen molar-refractivity contribution in [1.29, 1.82) is 0 Å². The molecule has 0 spiro atoms. The molecule has 0 amide bonds. The zero-order chi connectivity index (χ0) is 7.56. The van der Waals surface area contributed by atoms with Gasteiger partial charge in [0.25, 0.3) is 0 Å². The number of aliphatic hydroxyl groups is 1. The molecule has 0 aliphatic rings. The Morgan fingerprint density at radius 3 is 2.70 bits per heavy atom. The Labute approximate surface area is 64.7 Å². The van der Waals surface area contributed by atoms with E-state index < -0.39 is 0 Å². The van der Waals surface area contributed by atoms with E-state index in [1.807, 2.05) is 18.5 Å². The summed E-state index contributed by atoms with van der Waals surface area (Å²) in [4.78, 5) is 0. The first-order chi connectivity index (χ1) is 4.72. The lowest BCUT2D eigenvalue weighted by Gasteiger charge is -2.11. The number of nitrogens with zero attached hydrogens (tertiary/aromatic N) is 1. The van der Waals surface area contributed by atoms with E-state index in [1.54, 1.807) is 6.92 Å². The number of hydrogen-bond donors (Lipinski definition) is 1. The second-order valence-corrected chi connectivity index (χ2v) is 3.14. The third kappa shape index (κ3) is 1.55. The molecule has 3 heteroatoms. The van der Waals surface area contributed by atoms with E-state index in [9.17, 15) is 0 Å². The SMILES string of the molecule is CC(O)C(C)c1cnsc1. The Bertz CT molecular complexity index is 183. The molecular formula is C7H11NOS. The average Bonchev–Trinajstić information content (AvgIpc) is 2.36. The molecule has 1 heterocycles. The van der Waals surface area contributed by atoms with Gasteiger partial charge in [-0.15, -0.1) is 0 Å². The molecule has 0 aliphatic carbocycles. The first kappa shape index (κ1) is 7.69. The van der Waals surface area contributed by atoms with Crippen LogP contribution >= 0.6 is 11.5 Å². The molecule has 0 aliphatic heterocycles. The second kappa shape index (κ2) is 3.12. The third-order valence-electron chi connectivity index (χ3n) is 1.70. The normalized spacial score (nSPS) is 16.7. The Hall–Kier alpha value is -0.410. The maximum absolute atomic E-state index is 9.17. The van der Waals surface area contributed by atoms with Crippen molar-refractivity contribution in [3.8, 4) is 0 Å². The fraction of sp³-hybridized carbons (Fsp3) is 0.571. The molecular weight excluding hydrogens is 146 g/mol. The summed E-state index contributed by atoms with van der Waals surface area (Å²) in [7, 11) is 0. The van der Waals surface area contributed by atoms with Crippen LogP contribution in [0, 0.1) is 0 Å². The van der Waals surface area contributed by atoms with Crippen molar-refractivity contribution in [2.45, 2.75) is 25.9 Å². The highest BCUT2D eigenvalue weighted by molar-refractivity contribution is 7.03. The lowest BCUT2D eigenvalue weighted by Crippen LogP contribution is -2.09. The summed E-state index contributed by atoms with van der Waals surface area (Å²) in [6, 6.07) is 0. The molecule has 1 rings (SSSR count). The lowest BCUT2D eigenvalue weighted by atomic mass is 10.0. The van der Waals surface area contributed by atoms with Crippen molar-refractivity contribution in [3.63, 3.8) is 0 Å². The molecule has 10 heavy (non-hydrogen) atoms. The summed E-state index contributed by atoms with van der Waals surface area (Å²) in [6.07, 6.45) is 1.53. The maximum Gasteiger partial charge on any atom is 0.0578 e. The summed E-state index contributed by atoms with van der Waals surface area (Å²) >= 11 is 1.42. The highest BCUT2D eigenvalue weighted by atomic mass is 32.1. The highest BCUT2D eigenvalue weighted by Crippen LogP contribution is 2.19. The van der Waals surface area contributed by atoms with Gasteiger partial charge < -0.3 is 5.11 Å². The van der Waals surface area contributed by atoms with Gasteiger partial charge in [0.2, 0.25) is 0 Å². The van der Waals surface area contributed by atoms with Crippen LogP contribution in [0.2, 0.25) is 0 Å². The number of rotatable bonds is 2. The Morgan fingerprint density at radius 2 is 2.30 bits per heavy atom. The Balaban J connectivity index is 2.68. The van der Waals surface area contributed by atoms with Crippen LogP contribution in [0.1, 0.15) is 25.3 Å². The van der Waals surface area contributed by atoms with Gasteiger partial charge in [-0.3, -0.25) is 0 Å². The monoisotopic (exact) mass is 157 g/mol. The fourth-order valence-corrected chi connectivity index (χ4v) is 1.36. The molecule has 0 fully saturated rings. The van der Waals surface area contributed by atoms with E-state index in [-0.39, 0.29) is 12.0 Å². The molecule has 2 atom stereocenters. The van der Waals surface area contributed by atoms with Gasteiger partial charge in [0, 0.05) is 17.5 Å². The zero-order valence-electron chi connectivity index (χ0n) is 6.11. The predicted molar refractivity (Wildman–Crippen MR) is 42.2 cm³/mol. The van der Waals surface area contributed by atoms with Crippen molar-refractivity contribution in [2.24, 2.45) is 0 Å².